The summed E-state index contributed by atoms with van der Waals surface area (Å²) in [4.78, 5) is 94.2. The van der Waals surface area contributed by atoms with Gasteiger partial charge in [0.25, 0.3) is 11.8 Å². The van der Waals surface area contributed by atoms with Crippen LogP contribution in [0.3, 0.4) is 0 Å². The number of esters is 1. The minimum Gasteiger partial charge on any atom is -0.460 e. The molecule has 1 aliphatic rings. The molecule has 41 heteroatoms. The number of ether oxygens (including phenoxy) is 29. The summed E-state index contributed by atoms with van der Waals surface area (Å²) in [6, 6.07) is 3.11. The van der Waals surface area contributed by atoms with Crippen LogP contribution < -0.4 is 16.0 Å². The Hall–Kier alpha value is -5.67. The zero-order chi connectivity index (χ0) is 92.7. The van der Waals surface area contributed by atoms with Crippen LogP contribution in [-0.2, 0) is 184 Å². The van der Waals surface area contributed by atoms with Crippen molar-refractivity contribution in [1.29, 1.82) is 0 Å². The molecule has 3 N–H and O–H groups in total. The molecule has 0 saturated heterocycles. The fourth-order valence-corrected chi connectivity index (χ4v) is 10.4. The van der Waals surface area contributed by atoms with Crippen LogP contribution >= 0.6 is 0 Å². The number of nitrogens with one attached hydrogen (secondary N) is 3. The molecular weight excluding hydrogens is 1690 g/mol. The molecule has 1 heterocycles. The van der Waals surface area contributed by atoms with E-state index in [4.69, 9.17) is 137 Å². The van der Waals surface area contributed by atoms with Gasteiger partial charge in [0, 0.05) is 64.8 Å². The molecule has 0 saturated carbocycles. The van der Waals surface area contributed by atoms with Gasteiger partial charge in [0.2, 0.25) is 23.6 Å². The zero-order valence-electron chi connectivity index (χ0n) is 77.6. The molecule has 0 fully saturated rings. The maximum absolute atomic E-state index is 13.8. The Morgan fingerprint density at radius 3 is 1.00 bits per heavy atom. The molecule has 6 amide bonds. The summed E-state index contributed by atoms with van der Waals surface area (Å²) >= 11 is 0. The van der Waals surface area contributed by atoms with E-state index in [9.17, 15) is 33.6 Å². The van der Waals surface area contributed by atoms with E-state index in [0.29, 0.717) is 335 Å². The lowest BCUT2D eigenvalue weighted by atomic mass is 9.97. The number of benzene rings is 1. The van der Waals surface area contributed by atoms with Crippen LogP contribution in [0.15, 0.2) is 30.4 Å². The predicted octanol–water partition coefficient (Wildman–Crippen LogP) is 2.47. The maximum atomic E-state index is 13.8. The predicted molar refractivity (Wildman–Crippen MR) is 464 cm³/mol. The van der Waals surface area contributed by atoms with Crippen molar-refractivity contribution in [3.05, 3.63) is 41.5 Å². The second kappa shape index (κ2) is 86.7. The summed E-state index contributed by atoms with van der Waals surface area (Å²) < 4.78 is 159. The molecule has 0 radical (unpaired) electrons. The van der Waals surface area contributed by atoms with Crippen molar-refractivity contribution in [3.8, 4) is 0 Å². The number of anilines is 1. The highest BCUT2D eigenvalue weighted by atomic mass is 16.7. The highest BCUT2D eigenvalue weighted by molar-refractivity contribution is 6.14. The summed E-state index contributed by atoms with van der Waals surface area (Å²) in [5.41, 5.74) is 1.26. The number of imide groups is 1. The van der Waals surface area contributed by atoms with Crippen molar-refractivity contribution in [2.24, 2.45) is 11.3 Å². The number of aryl methyl sites for hydroxylation is 1. The largest absolute Gasteiger partial charge is 0.460 e. The van der Waals surface area contributed by atoms with Gasteiger partial charge >= 0.3 is 5.97 Å². The Labute approximate surface area is 757 Å². The summed E-state index contributed by atoms with van der Waals surface area (Å²) in [7, 11) is 3.26. The van der Waals surface area contributed by atoms with Gasteiger partial charge in [0.05, 0.1) is 323 Å². The number of carbonyl (C=O) groups excluding carboxylic acids is 7. The summed E-state index contributed by atoms with van der Waals surface area (Å²) in [6.45, 7) is 31.4. The number of hydrogen-bond donors (Lipinski definition) is 3. The van der Waals surface area contributed by atoms with E-state index in [1.165, 1.54) is 11.8 Å². The lowest BCUT2D eigenvalue weighted by Crippen LogP contribution is -2.54. The Kier molecular flexibility index (Phi) is 80.2. The van der Waals surface area contributed by atoms with Crippen LogP contribution in [0, 0.1) is 11.3 Å². The second-order valence-corrected chi connectivity index (χ2v) is 29.3. The van der Waals surface area contributed by atoms with Gasteiger partial charge in [-0.25, -0.2) is 0 Å². The molecule has 1 aromatic carbocycles. The minimum atomic E-state index is -1.08. The van der Waals surface area contributed by atoms with E-state index in [0.717, 1.165) is 28.2 Å². The molecular formula is C87H155N5O36. The number of amides is 6. The molecule has 2 rings (SSSR count). The van der Waals surface area contributed by atoms with Crippen molar-refractivity contribution in [2.75, 3.05) is 383 Å². The Bertz CT molecular complexity index is 2840. The fourth-order valence-electron chi connectivity index (χ4n) is 10.4. The monoisotopic (exact) mass is 1850 g/mol. The van der Waals surface area contributed by atoms with Crippen LogP contribution in [0.2, 0.25) is 0 Å². The number of methoxy groups -OCH3 is 2. The Balaban J connectivity index is 1.54. The molecule has 744 valence electrons. The van der Waals surface area contributed by atoms with Crippen LogP contribution in [-0.4, -0.2) is 441 Å². The smallest absolute Gasteiger partial charge is 0.311 e. The average molecular weight is 1850 g/mol. The van der Waals surface area contributed by atoms with Gasteiger partial charge in [-0.15, -0.1) is 0 Å². The van der Waals surface area contributed by atoms with E-state index in [1.807, 2.05) is 0 Å². The Morgan fingerprint density at radius 2 is 0.664 bits per heavy atom. The average Bonchev–Trinajstić information content (AvgIpc) is 1.82. The molecule has 0 bridgehead atoms. The SMILES string of the molecule is COCCOCCOCCOCCOCCOCCOCOCCOCCOCCOCCOCCOCCOCCOCCOCCOCCCc1cc(NC(=O)[C@H](C)NC(=O)[C@@H](NC(=O)CCN(CCOCCOCCOCCOCCCOCOCCOCCOCCOCCOCCOC)C(=O)CN2C(=O)C=CC2=O)C(C)C)ccc1COC(=O)C(C)(C)C. The van der Waals surface area contributed by atoms with Crippen molar-refractivity contribution in [3.63, 3.8) is 0 Å². The molecule has 128 heavy (non-hydrogen) atoms. The highest BCUT2D eigenvalue weighted by Crippen LogP contribution is 2.22. The molecule has 0 aliphatic carbocycles. The number of hydrogen-bond acceptors (Lipinski definition) is 36. The van der Waals surface area contributed by atoms with Gasteiger partial charge in [0.15, 0.2) is 0 Å². The van der Waals surface area contributed by atoms with E-state index in [2.05, 4.69) is 16.0 Å². The normalized spacial score (nSPS) is 12.8. The third-order valence-electron chi connectivity index (χ3n) is 17.4. The first-order valence-electron chi connectivity index (χ1n) is 44.5. The Morgan fingerprint density at radius 1 is 0.359 bits per heavy atom. The molecule has 1 aromatic rings. The first kappa shape index (κ1) is 118. The molecule has 0 spiro atoms. The zero-order valence-corrected chi connectivity index (χ0v) is 77.6. The molecule has 2 atom stereocenters. The van der Waals surface area contributed by atoms with Crippen molar-refractivity contribution in [2.45, 2.75) is 85.9 Å². The van der Waals surface area contributed by atoms with Gasteiger partial charge in [-0.05, 0) is 76.1 Å². The minimum absolute atomic E-state index is 0.00619. The third kappa shape index (κ3) is 71.9. The standard InChI is InChI=1S/C87H155N5O36/c1-74(2)83(90-79(93)16-17-91(82(96)70-92-80(94)14-15-81(92)95)18-22-104-29-32-109-39-37-108-31-28-103-20-10-21-124-72-125-66-63-121-60-57-118-44-42-111-36-34-106-26-24-101-8)85(98)88-75(3)84(97)89-78-13-12-77(71-128-86(99)87(4,5)6)76(69-78)11-9-19-102-27-30-107-38-40-112-45-46-114-47-48-115-49-50-116-51-52-117-54-56-120-59-62-123-65-68-127-73-126-67-64-122-61-58-119-55-53-113-43-41-110-35-33-105-25-23-100-7/h12-15,69,74-75,83H,9-11,16-68,70-73H2,1-8H3,(H,88,98)(H,89,97)(H,90,93)/t75-,83-/m0/s1. The molecule has 0 unspecified atom stereocenters. The van der Waals surface area contributed by atoms with Gasteiger partial charge in [-0.3, -0.25) is 38.5 Å². The van der Waals surface area contributed by atoms with E-state index in [-0.39, 0.29) is 65.5 Å². The summed E-state index contributed by atoms with van der Waals surface area (Å²) in [6.07, 6.45) is 3.69. The van der Waals surface area contributed by atoms with Crippen LogP contribution in [0.4, 0.5) is 5.69 Å². The van der Waals surface area contributed by atoms with Gasteiger partial charge in [-0.1, -0.05) is 19.9 Å². The van der Waals surface area contributed by atoms with Gasteiger partial charge in [0.1, 0.15) is 38.8 Å². The lowest BCUT2D eigenvalue weighted by molar-refractivity contribution is -0.154. The van der Waals surface area contributed by atoms with E-state index in [1.54, 1.807) is 67.0 Å². The first-order valence-corrected chi connectivity index (χ1v) is 44.5. The highest BCUT2D eigenvalue weighted by Gasteiger charge is 2.31. The third-order valence-corrected chi connectivity index (χ3v) is 17.4. The molecule has 0 aromatic heterocycles. The lowest BCUT2D eigenvalue weighted by Gasteiger charge is -2.26. The van der Waals surface area contributed by atoms with Crippen LogP contribution in [0.5, 0.6) is 0 Å². The van der Waals surface area contributed by atoms with Crippen LogP contribution in [0.25, 0.3) is 0 Å². The van der Waals surface area contributed by atoms with Gasteiger partial charge in [-0.2, -0.15) is 0 Å². The molecule has 1 aliphatic heterocycles. The first-order chi connectivity index (χ1) is 62.5. The quantitative estimate of drug-likeness (QED) is 0.0365. The second-order valence-electron chi connectivity index (χ2n) is 29.3. The number of rotatable bonds is 97. The van der Waals surface area contributed by atoms with Crippen LogP contribution in [0.1, 0.15) is 71.9 Å². The molecule has 41 nitrogen and oxygen atoms in total. The van der Waals surface area contributed by atoms with Crippen molar-refractivity contribution < 1.29 is 171 Å². The van der Waals surface area contributed by atoms with E-state index < -0.39 is 65.4 Å². The number of nitrogens with zero attached hydrogens (tertiary/aromatic N) is 2. The summed E-state index contributed by atoms with van der Waals surface area (Å²) in [5.74, 6) is -4.41. The van der Waals surface area contributed by atoms with Crippen molar-refractivity contribution in [1.82, 2.24) is 20.4 Å². The fraction of sp³-hybridized carbons (Fsp3) is 0.828. The van der Waals surface area contributed by atoms with Gasteiger partial charge < -0.3 is 158 Å². The van der Waals surface area contributed by atoms with Crippen molar-refractivity contribution >= 4 is 47.1 Å². The maximum Gasteiger partial charge on any atom is 0.311 e. The summed E-state index contributed by atoms with van der Waals surface area (Å²) in [5, 5.41) is 8.32. The number of carbonyl (C=O) groups is 7. The topological polar surface area (TPSA) is 430 Å². The van der Waals surface area contributed by atoms with E-state index >= 15 is 0 Å².